The van der Waals surface area contributed by atoms with Gasteiger partial charge in [0.1, 0.15) is 5.75 Å². The van der Waals surface area contributed by atoms with Crippen molar-refractivity contribution in [1.29, 1.82) is 0 Å². The Morgan fingerprint density at radius 3 is 2.40 bits per heavy atom. The molecular weight excluding hydrogens is 380 g/mol. The molecule has 5 heteroatoms. The van der Waals surface area contributed by atoms with Crippen molar-refractivity contribution in [3.8, 4) is 5.75 Å². The van der Waals surface area contributed by atoms with Gasteiger partial charge in [-0.2, -0.15) is 0 Å². The van der Waals surface area contributed by atoms with Gasteiger partial charge in [-0.25, -0.2) is 0 Å². The minimum absolute atomic E-state index is 0.0418. The van der Waals surface area contributed by atoms with Crippen LogP contribution < -0.4 is 9.64 Å². The number of halogens is 1. The topological polar surface area (TPSA) is 32.8 Å². The van der Waals surface area contributed by atoms with Gasteiger partial charge in [-0.1, -0.05) is 24.3 Å². The molecule has 1 aliphatic rings. The van der Waals surface area contributed by atoms with E-state index in [4.69, 9.17) is 4.74 Å². The molecule has 1 amide bonds. The number of rotatable bonds is 4. The van der Waals surface area contributed by atoms with Crippen molar-refractivity contribution in [2.45, 2.75) is 20.0 Å². The molecule has 1 heterocycles. The average Bonchev–Trinajstić information content (AvgIpc) is 2.64. The Balaban J connectivity index is 1.56. The normalized spacial score (nSPS) is 15.8. The highest BCUT2D eigenvalue weighted by Crippen LogP contribution is 2.27. The molecule has 0 N–H and O–H groups in total. The van der Waals surface area contributed by atoms with E-state index in [0.29, 0.717) is 5.75 Å². The van der Waals surface area contributed by atoms with Crippen molar-refractivity contribution >= 4 is 27.5 Å². The van der Waals surface area contributed by atoms with E-state index in [1.54, 1.807) is 0 Å². The van der Waals surface area contributed by atoms with Crippen LogP contribution in [0.1, 0.15) is 12.5 Å². The molecule has 25 heavy (non-hydrogen) atoms. The minimum atomic E-state index is -0.498. The standard InChI is InChI=1S/C20H23BrN2O2/c1-15-8-9-19(18(21)14-15)25-16(2)20(24)23-12-10-22(11-13-23)17-6-4-3-5-7-17/h3-9,14,16H,10-13H2,1-2H3. The summed E-state index contributed by atoms with van der Waals surface area (Å²) < 4.78 is 6.75. The highest BCUT2D eigenvalue weighted by molar-refractivity contribution is 9.10. The summed E-state index contributed by atoms with van der Waals surface area (Å²) in [4.78, 5) is 16.9. The number of nitrogens with zero attached hydrogens (tertiary/aromatic N) is 2. The van der Waals surface area contributed by atoms with Crippen LogP contribution in [0, 0.1) is 6.92 Å². The Labute approximate surface area is 157 Å². The van der Waals surface area contributed by atoms with Gasteiger partial charge in [-0.05, 0) is 59.6 Å². The lowest BCUT2D eigenvalue weighted by Crippen LogP contribution is -2.52. The SMILES string of the molecule is Cc1ccc(OC(C)C(=O)N2CCN(c3ccccc3)CC2)c(Br)c1. The molecule has 0 aliphatic carbocycles. The largest absolute Gasteiger partial charge is 0.480 e. The molecule has 0 bridgehead atoms. The van der Waals surface area contributed by atoms with Gasteiger partial charge in [0.25, 0.3) is 5.91 Å². The zero-order valence-electron chi connectivity index (χ0n) is 14.6. The van der Waals surface area contributed by atoms with Gasteiger partial charge in [0, 0.05) is 31.9 Å². The van der Waals surface area contributed by atoms with E-state index in [-0.39, 0.29) is 5.91 Å². The quantitative estimate of drug-likeness (QED) is 0.777. The predicted octanol–water partition coefficient (Wildman–Crippen LogP) is 3.87. The maximum absolute atomic E-state index is 12.7. The van der Waals surface area contributed by atoms with Gasteiger partial charge in [0.2, 0.25) is 0 Å². The molecular formula is C20H23BrN2O2. The number of amides is 1. The maximum atomic E-state index is 12.7. The molecule has 1 unspecified atom stereocenters. The molecule has 1 atom stereocenters. The van der Waals surface area contributed by atoms with Gasteiger partial charge in [-0.3, -0.25) is 4.79 Å². The summed E-state index contributed by atoms with van der Waals surface area (Å²) in [7, 11) is 0. The summed E-state index contributed by atoms with van der Waals surface area (Å²) in [5.74, 6) is 0.745. The van der Waals surface area contributed by atoms with Crippen LogP contribution in [0.2, 0.25) is 0 Å². The molecule has 1 saturated heterocycles. The number of para-hydroxylation sites is 1. The summed E-state index contributed by atoms with van der Waals surface area (Å²) in [6, 6.07) is 16.2. The van der Waals surface area contributed by atoms with Crippen LogP contribution in [0.3, 0.4) is 0 Å². The number of benzene rings is 2. The van der Waals surface area contributed by atoms with Gasteiger partial charge >= 0.3 is 0 Å². The predicted molar refractivity (Wildman–Crippen MR) is 104 cm³/mol. The zero-order valence-corrected chi connectivity index (χ0v) is 16.2. The smallest absolute Gasteiger partial charge is 0.263 e. The van der Waals surface area contributed by atoms with Gasteiger partial charge < -0.3 is 14.5 Å². The Morgan fingerprint density at radius 2 is 1.76 bits per heavy atom. The second-order valence-electron chi connectivity index (χ2n) is 6.34. The molecule has 2 aromatic carbocycles. The fourth-order valence-electron chi connectivity index (χ4n) is 3.02. The lowest BCUT2D eigenvalue weighted by atomic mass is 10.2. The van der Waals surface area contributed by atoms with Crippen LogP contribution in [0.15, 0.2) is 53.0 Å². The van der Waals surface area contributed by atoms with E-state index < -0.39 is 6.10 Å². The van der Waals surface area contributed by atoms with E-state index in [1.807, 2.05) is 55.1 Å². The monoisotopic (exact) mass is 402 g/mol. The highest BCUT2D eigenvalue weighted by atomic mass is 79.9. The van der Waals surface area contributed by atoms with Gasteiger partial charge in [-0.15, -0.1) is 0 Å². The van der Waals surface area contributed by atoms with Crippen molar-refractivity contribution in [3.63, 3.8) is 0 Å². The van der Waals surface area contributed by atoms with Crippen LogP contribution in [0.5, 0.6) is 5.75 Å². The molecule has 0 aromatic heterocycles. The number of ether oxygens (including phenoxy) is 1. The van der Waals surface area contributed by atoms with E-state index in [9.17, 15) is 4.79 Å². The Bertz CT molecular complexity index is 728. The molecule has 4 nitrogen and oxygen atoms in total. The summed E-state index contributed by atoms with van der Waals surface area (Å²) in [5, 5.41) is 0. The maximum Gasteiger partial charge on any atom is 0.263 e. The molecule has 3 rings (SSSR count). The summed E-state index contributed by atoms with van der Waals surface area (Å²) in [6.07, 6.45) is -0.498. The number of piperazine rings is 1. The molecule has 1 aliphatic heterocycles. The van der Waals surface area contributed by atoms with Crippen LogP contribution in [-0.4, -0.2) is 43.1 Å². The van der Waals surface area contributed by atoms with Crippen molar-refractivity contribution in [1.82, 2.24) is 4.90 Å². The molecule has 1 fully saturated rings. The van der Waals surface area contributed by atoms with Crippen LogP contribution >= 0.6 is 15.9 Å². The number of hydrogen-bond donors (Lipinski definition) is 0. The van der Waals surface area contributed by atoms with E-state index in [1.165, 1.54) is 5.69 Å². The molecule has 0 saturated carbocycles. The third-order valence-electron chi connectivity index (χ3n) is 4.45. The third kappa shape index (κ3) is 4.34. The fraction of sp³-hybridized carbons (Fsp3) is 0.350. The number of anilines is 1. The average molecular weight is 403 g/mol. The molecule has 0 spiro atoms. The van der Waals surface area contributed by atoms with Crippen LogP contribution in [0.25, 0.3) is 0 Å². The zero-order chi connectivity index (χ0) is 17.8. The first kappa shape index (κ1) is 17.8. The Hall–Kier alpha value is -2.01. The first-order valence-electron chi connectivity index (χ1n) is 8.56. The summed E-state index contributed by atoms with van der Waals surface area (Å²) >= 11 is 3.50. The number of carbonyl (C=O) groups excluding carboxylic acids is 1. The van der Waals surface area contributed by atoms with Crippen molar-refractivity contribution in [2.24, 2.45) is 0 Å². The second-order valence-corrected chi connectivity index (χ2v) is 7.20. The van der Waals surface area contributed by atoms with Crippen LogP contribution in [0.4, 0.5) is 5.69 Å². The van der Waals surface area contributed by atoms with Gasteiger partial charge in [0.05, 0.1) is 4.47 Å². The van der Waals surface area contributed by atoms with Crippen molar-refractivity contribution in [2.75, 3.05) is 31.1 Å². The lowest BCUT2D eigenvalue weighted by Gasteiger charge is -2.37. The van der Waals surface area contributed by atoms with E-state index >= 15 is 0 Å². The summed E-state index contributed by atoms with van der Waals surface area (Å²) in [6.45, 7) is 6.97. The first-order valence-corrected chi connectivity index (χ1v) is 9.35. The lowest BCUT2D eigenvalue weighted by molar-refractivity contribution is -0.138. The number of carbonyl (C=O) groups is 1. The Kier molecular flexibility index (Phi) is 5.63. The fourth-order valence-corrected chi connectivity index (χ4v) is 3.61. The van der Waals surface area contributed by atoms with E-state index in [0.717, 1.165) is 36.2 Å². The van der Waals surface area contributed by atoms with E-state index in [2.05, 4.69) is 33.0 Å². The summed E-state index contributed by atoms with van der Waals surface area (Å²) in [5.41, 5.74) is 2.36. The molecule has 132 valence electrons. The third-order valence-corrected chi connectivity index (χ3v) is 5.07. The number of aryl methyl sites for hydroxylation is 1. The number of hydrogen-bond acceptors (Lipinski definition) is 3. The van der Waals surface area contributed by atoms with Crippen molar-refractivity contribution in [3.05, 3.63) is 58.6 Å². The molecule has 0 radical (unpaired) electrons. The Morgan fingerprint density at radius 1 is 1.08 bits per heavy atom. The van der Waals surface area contributed by atoms with Crippen molar-refractivity contribution < 1.29 is 9.53 Å². The van der Waals surface area contributed by atoms with Gasteiger partial charge in [0.15, 0.2) is 6.10 Å². The van der Waals surface area contributed by atoms with Crippen LogP contribution in [-0.2, 0) is 4.79 Å². The highest BCUT2D eigenvalue weighted by Gasteiger charge is 2.26. The molecule has 2 aromatic rings. The minimum Gasteiger partial charge on any atom is -0.480 e. The first-order chi connectivity index (χ1) is 12.0. The second kappa shape index (κ2) is 7.91.